The van der Waals surface area contributed by atoms with Crippen molar-refractivity contribution in [1.29, 1.82) is 0 Å². The summed E-state index contributed by atoms with van der Waals surface area (Å²) in [4.78, 5) is 5.02. The van der Waals surface area contributed by atoms with Crippen LogP contribution in [0.4, 0.5) is 17.6 Å². The van der Waals surface area contributed by atoms with Gasteiger partial charge in [-0.25, -0.2) is 4.39 Å². The summed E-state index contributed by atoms with van der Waals surface area (Å²) in [7, 11) is 0. The third kappa shape index (κ3) is 5.49. The number of hydrogen-bond acceptors (Lipinski definition) is 2. The molecule has 2 atom stereocenters. The quantitative estimate of drug-likeness (QED) is 0.346. The van der Waals surface area contributed by atoms with E-state index in [0.29, 0.717) is 12.3 Å². The van der Waals surface area contributed by atoms with Gasteiger partial charge < -0.3 is 5.11 Å². The van der Waals surface area contributed by atoms with Crippen molar-refractivity contribution in [1.82, 2.24) is 4.98 Å². The zero-order chi connectivity index (χ0) is 26.2. The molecule has 0 amide bonds. The molecule has 3 aromatic rings. The predicted octanol–water partition coefficient (Wildman–Crippen LogP) is 8.26. The zero-order valence-corrected chi connectivity index (χ0v) is 21.2. The first-order valence-electron chi connectivity index (χ1n) is 12.6. The van der Waals surface area contributed by atoms with Crippen LogP contribution in [0.2, 0.25) is 0 Å². The number of alkyl halides is 3. The first-order valence-corrected chi connectivity index (χ1v) is 12.6. The summed E-state index contributed by atoms with van der Waals surface area (Å²) in [5, 5.41) is 11.6. The number of fused-ring (bicyclic) bond motifs is 1. The van der Waals surface area contributed by atoms with Crippen molar-refractivity contribution in [2.75, 3.05) is 0 Å². The maximum atomic E-state index is 13.9. The summed E-state index contributed by atoms with van der Waals surface area (Å²) < 4.78 is 53.2. The lowest BCUT2D eigenvalue weighted by atomic mass is 9.75. The van der Waals surface area contributed by atoms with Crippen LogP contribution in [0.1, 0.15) is 86.2 Å². The lowest BCUT2D eigenvalue weighted by Gasteiger charge is -2.34. The van der Waals surface area contributed by atoms with Crippen LogP contribution in [0.15, 0.2) is 48.5 Å². The molecule has 2 nitrogen and oxygen atoms in total. The van der Waals surface area contributed by atoms with Crippen LogP contribution in [-0.2, 0) is 19.0 Å². The van der Waals surface area contributed by atoms with Crippen molar-refractivity contribution < 1.29 is 22.7 Å². The van der Waals surface area contributed by atoms with Crippen LogP contribution in [0.3, 0.4) is 0 Å². The minimum absolute atomic E-state index is 0.0597. The lowest BCUT2D eigenvalue weighted by molar-refractivity contribution is -0.137. The second-order valence-electron chi connectivity index (χ2n) is 10.6. The van der Waals surface area contributed by atoms with Crippen molar-refractivity contribution in [2.45, 2.75) is 71.6 Å². The second kappa shape index (κ2) is 10.3. The van der Waals surface area contributed by atoms with Gasteiger partial charge in [-0.15, -0.1) is 0 Å². The maximum Gasteiger partial charge on any atom is 0.416 e. The van der Waals surface area contributed by atoms with Crippen molar-refractivity contribution in [3.8, 4) is 11.1 Å². The summed E-state index contributed by atoms with van der Waals surface area (Å²) in [5.41, 5.74) is 5.03. The van der Waals surface area contributed by atoms with Crippen LogP contribution in [0, 0.1) is 17.7 Å². The van der Waals surface area contributed by atoms with Gasteiger partial charge in [-0.1, -0.05) is 52.0 Å². The van der Waals surface area contributed by atoms with Crippen LogP contribution in [-0.4, -0.2) is 10.1 Å². The molecule has 192 valence electrons. The average Bonchev–Trinajstić information content (AvgIpc) is 2.81. The molecule has 1 aromatic heterocycles. The number of aryl methyl sites for hydroxylation is 1. The number of aliphatic hydroxyl groups is 1. The number of aliphatic hydroxyl groups excluding tert-OH is 1. The molecule has 1 N–H and O–H groups in total. The van der Waals surface area contributed by atoms with Crippen LogP contribution >= 0.6 is 0 Å². The number of benzene rings is 2. The number of aromatic nitrogens is 1. The highest BCUT2D eigenvalue weighted by Gasteiger charge is 2.35. The van der Waals surface area contributed by atoms with E-state index >= 15 is 0 Å². The molecule has 6 heteroatoms. The Bertz CT molecular complexity index is 1200. The van der Waals surface area contributed by atoms with E-state index in [1.54, 1.807) is 12.1 Å². The van der Waals surface area contributed by atoms with Gasteiger partial charge in [0.05, 0.1) is 11.7 Å². The Balaban J connectivity index is 1.92. The molecule has 1 aliphatic carbocycles. The van der Waals surface area contributed by atoms with Crippen molar-refractivity contribution in [3.05, 3.63) is 88.0 Å². The topological polar surface area (TPSA) is 33.1 Å². The van der Waals surface area contributed by atoms with E-state index in [-0.39, 0.29) is 17.7 Å². The molecule has 0 bridgehead atoms. The maximum absolute atomic E-state index is 13.9. The molecule has 2 aromatic carbocycles. The molecule has 0 radical (unpaired) electrons. The van der Waals surface area contributed by atoms with E-state index in [4.69, 9.17) is 4.98 Å². The van der Waals surface area contributed by atoms with Gasteiger partial charge in [0, 0.05) is 17.0 Å². The van der Waals surface area contributed by atoms with E-state index in [0.717, 1.165) is 70.6 Å². The minimum Gasteiger partial charge on any atom is -0.388 e. The molecule has 0 saturated carbocycles. The normalized spacial score (nSPS) is 18.1. The summed E-state index contributed by atoms with van der Waals surface area (Å²) in [6, 6.07) is 11.4. The zero-order valence-electron chi connectivity index (χ0n) is 21.2. The van der Waals surface area contributed by atoms with Gasteiger partial charge in [0.25, 0.3) is 0 Å². The number of rotatable bonds is 6. The van der Waals surface area contributed by atoms with Gasteiger partial charge in [-0.3, -0.25) is 4.98 Å². The SMILES string of the molecule is CC(C)CC1CCc2nc(C(C)C)c(Cc3ccc(C(F)(F)F)cc3)c(-c3ccc(F)cc3)c2C1O. The van der Waals surface area contributed by atoms with E-state index in [1.165, 1.54) is 24.3 Å². The number of nitrogens with zero attached hydrogens (tertiary/aromatic N) is 1. The van der Waals surface area contributed by atoms with E-state index in [2.05, 4.69) is 13.8 Å². The highest BCUT2D eigenvalue weighted by atomic mass is 19.4. The smallest absolute Gasteiger partial charge is 0.388 e. The highest BCUT2D eigenvalue weighted by molar-refractivity contribution is 5.74. The number of halogens is 4. The van der Waals surface area contributed by atoms with Gasteiger partial charge in [0.2, 0.25) is 0 Å². The first-order chi connectivity index (χ1) is 17.0. The predicted molar refractivity (Wildman–Crippen MR) is 134 cm³/mol. The fourth-order valence-corrected chi connectivity index (χ4v) is 5.40. The standard InChI is InChI=1S/C30H33F4NO/c1-17(2)15-21-9-14-25-27(29(21)36)26(20-7-12-23(31)13-8-20)24(28(35-25)18(3)4)16-19-5-10-22(11-6-19)30(32,33)34/h5-8,10-13,17-18,21,29,36H,9,14-16H2,1-4H3. The first kappa shape index (κ1) is 26.3. The van der Waals surface area contributed by atoms with Gasteiger partial charge in [-0.05, 0) is 90.0 Å². The average molecular weight is 500 g/mol. The van der Waals surface area contributed by atoms with E-state index < -0.39 is 17.8 Å². The molecule has 4 rings (SSSR count). The Hall–Kier alpha value is -2.73. The minimum atomic E-state index is -4.40. The fraction of sp³-hybridized carbons (Fsp3) is 0.433. The van der Waals surface area contributed by atoms with E-state index in [9.17, 15) is 22.7 Å². The Morgan fingerprint density at radius 2 is 1.61 bits per heavy atom. The van der Waals surface area contributed by atoms with Gasteiger partial charge in [0.15, 0.2) is 0 Å². The fourth-order valence-electron chi connectivity index (χ4n) is 5.40. The highest BCUT2D eigenvalue weighted by Crippen LogP contribution is 2.45. The van der Waals surface area contributed by atoms with Gasteiger partial charge >= 0.3 is 6.18 Å². The van der Waals surface area contributed by atoms with Gasteiger partial charge in [0.1, 0.15) is 5.82 Å². The molecule has 1 heterocycles. The molecule has 0 fully saturated rings. The third-order valence-corrected chi connectivity index (χ3v) is 7.06. The summed E-state index contributed by atoms with van der Waals surface area (Å²) in [6.07, 6.45) is -2.28. The third-order valence-electron chi connectivity index (χ3n) is 7.06. The Kier molecular flexibility index (Phi) is 7.56. The molecule has 0 spiro atoms. The molecular weight excluding hydrogens is 466 g/mol. The summed E-state index contributed by atoms with van der Waals surface area (Å²) in [6.45, 7) is 8.36. The Morgan fingerprint density at radius 1 is 0.972 bits per heavy atom. The largest absolute Gasteiger partial charge is 0.416 e. The van der Waals surface area contributed by atoms with Crippen molar-refractivity contribution in [3.63, 3.8) is 0 Å². The molecule has 0 saturated heterocycles. The monoisotopic (exact) mass is 499 g/mol. The number of pyridine rings is 1. The molecular formula is C30H33F4NO. The molecule has 0 aliphatic heterocycles. The Labute approximate surface area is 210 Å². The second-order valence-corrected chi connectivity index (χ2v) is 10.6. The van der Waals surface area contributed by atoms with Gasteiger partial charge in [-0.2, -0.15) is 13.2 Å². The van der Waals surface area contributed by atoms with Crippen molar-refractivity contribution in [2.24, 2.45) is 11.8 Å². The summed E-state index contributed by atoms with van der Waals surface area (Å²) in [5.74, 6) is 0.218. The van der Waals surface area contributed by atoms with Crippen molar-refractivity contribution >= 4 is 0 Å². The summed E-state index contributed by atoms with van der Waals surface area (Å²) >= 11 is 0. The number of hydrogen-bond donors (Lipinski definition) is 1. The van der Waals surface area contributed by atoms with Crippen LogP contribution in [0.25, 0.3) is 11.1 Å². The molecule has 2 unspecified atom stereocenters. The molecule has 36 heavy (non-hydrogen) atoms. The lowest BCUT2D eigenvalue weighted by Crippen LogP contribution is -2.25. The van der Waals surface area contributed by atoms with Crippen LogP contribution < -0.4 is 0 Å². The molecule has 1 aliphatic rings. The van der Waals surface area contributed by atoms with Crippen LogP contribution in [0.5, 0.6) is 0 Å². The van der Waals surface area contributed by atoms with E-state index in [1.807, 2.05) is 13.8 Å². The Morgan fingerprint density at radius 3 is 2.17 bits per heavy atom.